The third-order valence-corrected chi connectivity index (χ3v) is 10.2. The SMILES string of the molecule is C=CC(=O)NC1CC2CC2C1Nc1ncc2cc(-c3c(Cl)c(OC)cc(OC)c3Cl)c(=O)n(CCN3CCN(C(=O)C#CC)CC3)c2n1. The number of ether oxygens (including phenoxy) is 2. The second-order valence-electron chi connectivity index (χ2n) is 12.2. The highest BCUT2D eigenvalue weighted by molar-refractivity contribution is 6.41. The summed E-state index contributed by atoms with van der Waals surface area (Å²) in [5, 5.41) is 7.44. The van der Waals surface area contributed by atoms with Crippen molar-refractivity contribution in [3.05, 3.63) is 51.4 Å². The van der Waals surface area contributed by atoms with Gasteiger partial charge in [0, 0.05) is 68.5 Å². The Morgan fingerprint density at radius 1 is 1.08 bits per heavy atom. The van der Waals surface area contributed by atoms with Crippen LogP contribution in [0.4, 0.5) is 5.95 Å². The number of rotatable bonds is 10. The first-order valence-corrected chi connectivity index (χ1v) is 16.6. The van der Waals surface area contributed by atoms with Crippen molar-refractivity contribution in [2.24, 2.45) is 11.8 Å². The number of hydrogen-bond donors (Lipinski definition) is 2. The minimum Gasteiger partial charge on any atom is -0.495 e. The zero-order valence-corrected chi connectivity index (χ0v) is 28.5. The van der Waals surface area contributed by atoms with Gasteiger partial charge in [0.25, 0.3) is 11.5 Å². The van der Waals surface area contributed by atoms with E-state index in [1.807, 2.05) is 0 Å². The van der Waals surface area contributed by atoms with E-state index in [4.69, 9.17) is 37.7 Å². The summed E-state index contributed by atoms with van der Waals surface area (Å²) in [7, 11) is 2.95. The molecule has 2 saturated carbocycles. The topological polar surface area (TPSA) is 131 Å². The molecule has 48 heavy (non-hydrogen) atoms. The van der Waals surface area contributed by atoms with Crippen molar-refractivity contribution in [3.8, 4) is 34.5 Å². The molecule has 2 aromatic heterocycles. The predicted molar refractivity (Wildman–Crippen MR) is 185 cm³/mol. The molecule has 12 nitrogen and oxygen atoms in total. The van der Waals surface area contributed by atoms with E-state index in [0.717, 1.165) is 12.8 Å². The molecule has 2 aliphatic carbocycles. The van der Waals surface area contributed by atoms with E-state index >= 15 is 0 Å². The van der Waals surface area contributed by atoms with Crippen LogP contribution in [0.3, 0.4) is 0 Å². The molecule has 3 aromatic rings. The average Bonchev–Trinajstić information content (AvgIpc) is 3.78. The first kappa shape index (κ1) is 33.6. The molecule has 4 unspecified atom stereocenters. The van der Waals surface area contributed by atoms with Crippen molar-refractivity contribution in [1.82, 2.24) is 29.7 Å². The van der Waals surface area contributed by atoms with Gasteiger partial charge in [0.2, 0.25) is 11.9 Å². The van der Waals surface area contributed by atoms with Crippen LogP contribution >= 0.6 is 23.2 Å². The van der Waals surface area contributed by atoms with Crippen molar-refractivity contribution in [3.63, 3.8) is 0 Å². The minimum absolute atomic E-state index is 0.0472. The smallest absolute Gasteiger partial charge is 0.298 e. The van der Waals surface area contributed by atoms with Crippen LogP contribution in [-0.2, 0) is 16.1 Å². The number of hydrogen-bond acceptors (Lipinski definition) is 9. The van der Waals surface area contributed by atoms with Crippen molar-refractivity contribution in [1.29, 1.82) is 0 Å². The van der Waals surface area contributed by atoms with Gasteiger partial charge in [-0.2, -0.15) is 4.98 Å². The third-order valence-electron chi connectivity index (χ3n) is 9.44. The number of pyridine rings is 1. The van der Waals surface area contributed by atoms with E-state index in [9.17, 15) is 14.4 Å². The van der Waals surface area contributed by atoms with Crippen molar-refractivity contribution in [2.75, 3.05) is 52.3 Å². The second kappa shape index (κ2) is 14.0. The Bertz CT molecular complexity index is 1870. The van der Waals surface area contributed by atoms with Crippen LogP contribution in [0.15, 0.2) is 35.8 Å². The van der Waals surface area contributed by atoms with E-state index in [1.54, 1.807) is 34.7 Å². The summed E-state index contributed by atoms with van der Waals surface area (Å²) in [5.41, 5.74) is 0.620. The van der Waals surface area contributed by atoms with E-state index in [2.05, 4.69) is 38.9 Å². The number of anilines is 1. The maximum Gasteiger partial charge on any atom is 0.298 e. The molecule has 2 amide bonds. The molecule has 2 N–H and O–H groups in total. The number of piperazine rings is 1. The van der Waals surface area contributed by atoms with Gasteiger partial charge in [-0.05, 0) is 49.7 Å². The summed E-state index contributed by atoms with van der Waals surface area (Å²) in [6.45, 7) is 8.40. The number of carbonyl (C=O) groups is 2. The van der Waals surface area contributed by atoms with E-state index in [0.29, 0.717) is 79.6 Å². The van der Waals surface area contributed by atoms with Gasteiger partial charge < -0.3 is 25.0 Å². The molecular formula is C34H37Cl2N7O5. The number of nitrogens with zero attached hydrogens (tertiary/aromatic N) is 5. The Morgan fingerprint density at radius 3 is 2.44 bits per heavy atom. The fourth-order valence-electron chi connectivity index (χ4n) is 6.84. The summed E-state index contributed by atoms with van der Waals surface area (Å²) in [6.07, 6.45) is 4.89. The van der Waals surface area contributed by atoms with Gasteiger partial charge in [0.15, 0.2) is 0 Å². The number of carbonyl (C=O) groups excluding carboxylic acids is 2. The Labute approximate surface area is 288 Å². The second-order valence-corrected chi connectivity index (χ2v) is 12.9. The lowest BCUT2D eigenvalue weighted by Gasteiger charge is -2.33. The lowest BCUT2D eigenvalue weighted by Crippen LogP contribution is -2.49. The Kier molecular flexibility index (Phi) is 9.83. The molecule has 14 heteroatoms. The normalized spacial score (nSPS) is 21.6. The summed E-state index contributed by atoms with van der Waals surface area (Å²) >= 11 is 13.5. The van der Waals surface area contributed by atoms with Crippen LogP contribution in [0, 0.1) is 23.7 Å². The molecule has 1 aromatic carbocycles. The van der Waals surface area contributed by atoms with Gasteiger partial charge >= 0.3 is 0 Å². The molecule has 3 heterocycles. The van der Waals surface area contributed by atoms with Crippen LogP contribution in [0.1, 0.15) is 19.8 Å². The van der Waals surface area contributed by atoms with Gasteiger partial charge in [-0.3, -0.25) is 23.9 Å². The molecule has 6 rings (SSSR count). The fraction of sp³-hybridized carbons (Fsp3) is 0.441. The Balaban J connectivity index is 1.37. The molecule has 0 bridgehead atoms. The van der Waals surface area contributed by atoms with Crippen molar-refractivity contribution in [2.45, 2.75) is 38.4 Å². The monoisotopic (exact) mass is 693 g/mol. The predicted octanol–water partition coefficient (Wildman–Crippen LogP) is 3.44. The standard InChI is InChI=1S/C34H37Cl2N7O5/c1-5-7-27(45)42-11-8-41(9-12-42)10-13-43-32-20(15-22(33(43)46)28-29(35)24(47-3)17-25(48-4)30(28)36)18-37-34(40-32)39-31-21-14-19(21)16-23(31)38-26(44)6-2/h6,15,17-19,21,23,31H,2,8-14,16H2,1,3-4H3,(H,38,44)(H,37,39,40). The first-order chi connectivity index (χ1) is 23.2. The highest BCUT2D eigenvalue weighted by Gasteiger charge is 2.54. The lowest BCUT2D eigenvalue weighted by atomic mass is 10.0. The van der Waals surface area contributed by atoms with Gasteiger partial charge in [0.05, 0.1) is 35.9 Å². The number of amides is 2. The molecule has 0 spiro atoms. The number of fused-ring (bicyclic) bond motifs is 2. The highest BCUT2D eigenvalue weighted by Crippen LogP contribution is 2.52. The number of methoxy groups -OCH3 is 2. The van der Waals surface area contributed by atoms with Gasteiger partial charge in [-0.25, -0.2) is 4.98 Å². The van der Waals surface area contributed by atoms with Crippen LogP contribution in [0.2, 0.25) is 10.0 Å². The zero-order chi connectivity index (χ0) is 34.1. The summed E-state index contributed by atoms with van der Waals surface area (Å²) in [5.74, 6) is 6.79. The molecule has 1 aliphatic heterocycles. The van der Waals surface area contributed by atoms with E-state index in [-0.39, 0.29) is 50.6 Å². The Morgan fingerprint density at radius 2 is 1.79 bits per heavy atom. The van der Waals surface area contributed by atoms with Crippen LogP contribution in [0.5, 0.6) is 11.5 Å². The van der Waals surface area contributed by atoms with E-state index < -0.39 is 0 Å². The first-order valence-electron chi connectivity index (χ1n) is 15.8. The molecule has 3 aliphatic rings. The largest absolute Gasteiger partial charge is 0.495 e. The number of benzene rings is 1. The number of aromatic nitrogens is 3. The van der Waals surface area contributed by atoms with Crippen molar-refractivity contribution < 1.29 is 19.1 Å². The van der Waals surface area contributed by atoms with E-state index in [1.165, 1.54) is 20.3 Å². The third kappa shape index (κ3) is 6.55. The van der Waals surface area contributed by atoms with Gasteiger partial charge in [0.1, 0.15) is 17.1 Å². The van der Waals surface area contributed by atoms with Crippen LogP contribution in [-0.4, -0.2) is 95.2 Å². The lowest BCUT2D eigenvalue weighted by molar-refractivity contribution is -0.126. The summed E-state index contributed by atoms with van der Waals surface area (Å²) in [4.78, 5) is 52.2. The molecule has 252 valence electrons. The minimum atomic E-state index is -0.350. The van der Waals surface area contributed by atoms with Crippen LogP contribution in [0.25, 0.3) is 22.2 Å². The maximum atomic E-state index is 14.4. The molecule has 3 fully saturated rings. The molecule has 0 radical (unpaired) electrons. The van der Waals surface area contributed by atoms with Gasteiger partial charge in [-0.15, -0.1) is 0 Å². The zero-order valence-electron chi connectivity index (χ0n) is 27.0. The Hall–Kier alpha value is -4.31. The quantitative estimate of drug-likeness (QED) is 0.242. The summed E-state index contributed by atoms with van der Waals surface area (Å²) < 4.78 is 12.6. The fourth-order valence-corrected chi connectivity index (χ4v) is 7.54. The molecular weight excluding hydrogens is 657 g/mol. The average molecular weight is 695 g/mol. The molecule has 4 atom stereocenters. The maximum absolute atomic E-state index is 14.4. The van der Waals surface area contributed by atoms with Crippen LogP contribution < -0.4 is 25.7 Å². The summed E-state index contributed by atoms with van der Waals surface area (Å²) in [6, 6.07) is 3.13. The van der Waals surface area contributed by atoms with Crippen molar-refractivity contribution >= 4 is 52.0 Å². The highest BCUT2D eigenvalue weighted by atomic mass is 35.5. The number of nitrogens with one attached hydrogen (secondary N) is 2. The molecule has 1 saturated heterocycles. The van der Waals surface area contributed by atoms with Gasteiger partial charge in [-0.1, -0.05) is 35.7 Å². The number of halogens is 2.